The summed E-state index contributed by atoms with van der Waals surface area (Å²) in [6, 6.07) is 7.94. The smallest absolute Gasteiger partial charge is 0.305 e. The molecule has 0 aromatic heterocycles. The number of carboxylic acid groups (broad SMARTS) is 1. The fourth-order valence-corrected chi connectivity index (χ4v) is 2.43. The number of carbonyl (C=O) groups is 2. The van der Waals surface area contributed by atoms with E-state index in [1.807, 2.05) is 24.3 Å². The Labute approximate surface area is 114 Å². The summed E-state index contributed by atoms with van der Waals surface area (Å²) >= 11 is 3.41. The summed E-state index contributed by atoms with van der Waals surface area (Å²) < 4.78 is 1.01. The van der Waals surface area contributed by atoms with Crippen molar-refractivity contribution >= 4 is 27.8 Å². The lowest BCUT2D eigenvalue weighted by Gasteiger charge is -2.03. The number of nitrogens with one attached hydrogen (secondary N) is 1. The summed E-state index contributed by atoms with van der Waals surface area (Å²) in [4.78, 5) is 22.1. The highest BCUT2D eigenvalue weighted by Crippen LogP contribution is 2.47. The molecule has 0 spiro atoms. The maximum atomic E-state index is 11.7. The molecule has 2 N–H and O–H groups in total. The second-order valence-electron chi connectivity index (χ2n) is 4.44. The van der Waals surface area contributed by atoms with E-state index in [0.717, 1.165) is 16.5 Å². The summed E-state index contributed by atoms with van der Waals surface area (Å²) in [5.41, 5.74) is 1.16. The lowest BCUT2D eigenvalue weighted by Crippen LogP contribution is -2.27. The molecule has 4 nitrogen and oxygen atoms in total. The predicted molar refractivity (Wildman–Crippen MR) is 70.3 cm³/mol. The standard InChI is InChI=1S/C13H14BrNO3/c14-9-3-1-2-8(6-9)10-7-11(10)13(18)15-5-4-12(16)17/h1-3,6,10-11H,4-5,7H2,(H,15,18)(H,16,17). The van der Waals surface area contributed by atoms with Crippen molar-refractivity contribution < 1.29 is 14.7 Å². The molecule has 18 heavy (non-hydrogen) atoms. The fourth-order valence-electron chi connectivity index (χ4n) is 2.01. The van der Waals surface area contributed by atoms with Crippen molar-refractivity contribution in [3.05, 3.63) is 34.3 Å². The Kier molecular flexibility index (Phi) is 4.01. The number of hydrogen-bond acceptors (Lipinski definition) is 2. The van der Waals surface area contributed by atoms with Crippen LogP contribution in [0, 0.1) is 5.92 Å². The van der Waals surface area contributed by atoms with Crippen LogP contribution in [0.25, 0.3) is 0 Å². The Balaban J connectivity index is 1.83. The highest BCUT2D eigenvalue weighted by Gasteiger charge is 2.43. The molecular formula is C13H14BrNO3. The highest BCUT2D eigenvalue weighted by atomic mass is 79.9. The average Bonchev–Trinajstić information content (AvgIpc) is 3.08. The first kappa shape index (κ1) is 13.1. The van der Waals surface area contributed by atoms with Gasteiger partial charge in [0.15, 0.2) is 0 Å². The maximum absolute atomic E-state index is 11.7. The van der Waals surface area contributed by atoms with Gasteiger partial charge in [-0.15, -0.1) is 0 Å². The van der Waals surface area contributed by atoms with Crippen molar-refractivity contribution in [2.24, 2.45) is 5.92 Å². The first-order valence-electron chi connectivity index (χ1n) is 5.83. The molecule has 1 fully saturated rings. The van der Waals surface area contributed by atoms with Gasteiger partial charge in [-0.3, -0.25) is 9.59 Å². The molecule has 2 atom stereocenters. The first-order chi connectivity index (χ1) is 8.58. The van der Waals surface area contributed by atoms with Crippen LogP contribution in [-0.4, -0.2) is 23.5 Å². The molecule has 1 aliphatic rings. The number of aliphatic carboxylic acids is 1. The van der Waals surface area contributed by atoms with E-state index in [0.29, 0.717) is 0 Å². The summed E-state index contributed by atoms with van der Waals surface area (Å²) in [5.74, 6) is -0.670. The Morgan fingerprint density at radius 2 is 2.22 bits per heavy atom. The van der Waals surface area contributed by atoms with Crippen molar-refractivity contribution in [3.8, 4) is 0 Å². The van der Waals surface area contributed by atoms with Crippen LogP contribution >= 0.6 is 15.9 Å². The van der Waals surface area contributed by atoms with E-state index < -0.39 is 5.97 Å². The Hall–Kier alpha value is -1.36. The quantitative estimate of drug-likeness (QED) is 0.875. The van der Waals surface area contributed by atoms with Gasteiger partial charge in [-0.2, -0.15) is 0 Å². The van der Waals surface area contributed by atoms with Gasteiger partial charge in [0.25, 0.3) is 0 Å². The van der Waals surface area contributed by atoms with E-state index in [9.17, 15) is 9.59 Å². The zero-order chi connectivity index (χ0) is 13.1. The molecule has 2 unspecified atom stereocenters. The second kappa shape index (κ2) is 5.52. The van der Waals surface area contributed by atoms with Gasteiger partial charge >= 0.3 is 5.97 Å². The first-order valence-corrected chi connectivity index (χ1v) is 6.62. The van der Waals surface area contributed by atoms with Crippen LogP contribution in [0.4, 0.5) is 0 Å². The molecule has 0 aliphatic heterocycles. The van der Waals surface area contributed by atoms with Crippen molar-refractivity contribution in [2.75, 3.05) is 6.54 Å². The Morgan fingerprint density at radius 1 is 1.44 bits per heavy atom. The van der Waals surface area contributed by atoms with Gasteiger partial charge in [-0.05, 0) is 30.0 Å². The molecule has 0 heterocycles. The number of rotatable bonds is 5. The summed E-state index contributed by atoms with van der Waals surface area (Å²) in [7, 11) is 0. The van der Waals surface area contributed by atoms with Crippen LogP contribution in [0.5, 0.6) is 0 Å². The summed E-state index contributed by atoms with van der Waals surface area (Å²) in [6.07, 6.45) is 0.815. The van der Waals surface area contributed by atoms with E-state index in [1.165, 1.54) is 0 Å². The van der Waals surface area contributed by atoms with Gasteiger partial charge in [-0.1, -0.05) is 28.1 Å². The van der Waals surface area contributed by atoms with Gasteiger partial charge < -0.3 is 10.4 Å². The van der Waals surface area contributed by atoms with Gasteiger partial charge in [-0.25, -0.2) is 0 Å². The number of benzene rings is 1. The van der Waals surface area contributed by atoms with Crippen molar-refractivity contribution in [1.82, 2.24) is 5.32 Å². The molecule has 0 radical (unpaired) electrons. The Morgan fingerprint density at radius 3 is 2.89 bits per heavy atom. The molecule has 96 valence electrons. The topological polar surface area (TPSA) is 66.4 Å². The molecule has 1 aromatic carbocycles. The fraction of sp³-hybridized carbons (Fsp3) is 0.385. The molecule has 0 saturated heterocycles. The van der Waals surface area contributed by atoms with Gasteiger partial charge in [0.1, 0.15) is 0 Å². The van der Waals surface area contributed by atoms with E-state index in [1.54, 1.807) is 0 Å². The second-order valence-corrected chi connectivity index (χ2v) is 5.35. The third kappa shape index (κ3) is 3.32. The zero-order valence-electron chi connectivity index (χ0n) is 9.73. The van der Waals surface area contributed by atoms with Crippen LogP contribution in [-0.2, 0) is 9.59 Å². The van der Waals surface area contributed by atoms with Gasteiger partial charge in [0.2, 0.25) is 5.91 Å². The minimum absolute atomic E-state index is 0.00639. The molecule has 5 heteroatoms. The van der Waals surface area contributed by atoms with Crippen molar-refractivity contribution in [2.45, 2.75) is 18.8 Å². The number of hydrogen-bond donors (Lipinski definition) is 2. The van der Waals surface area contributed by atoms with Gasteiger partial charge in [0, 0.05) is 16.9 Å². The minimum atomic E-state index is -0.894. The highest BCUT2D eigenvalue weighted by molar-refractivity contribution is 9.10. The molecular weight excluding hydrogens is 298 g/mol. The average molecular weight is 312 g/mol. The number of amides is 1. The minimum Gasteiger partial charge on any atom is -0.481 e. The number of halogens is 1. The lowest BCUT2D eigenvalue weighted by molar-refractivity contribution is -0.136. The van der Waals surface area contributed by atoms with Crippen LogP contribution in [0.3, 0.4) is 0 Å². The van der Waals surface area contributed by atoms with E-state index in [2.05, 4.69) is 21.2 Å². The summed E-state index contributed by atoms with van der Waals surface area (Å²) in [5, 5.41) is 11.1. The van der Waals surface area contributed by atoms with E-state index in [-0.39, 0.29) is 30.7 Å². The largest absolute Gasteiger partial charge is 0.481 e. The van der Waals surface area contributed by atoms with E-state index in [4.69, 9.17) is 5.11 Å². The van der Waals surface area contributed by atoms with Gasteiger partial charge in [0.05, 0.1) is 6.42 Å². The molecule has 1 aromatic rings. The lowest BCUT2D eigenvalue weighted by atomic mass is 10.1. The molecule has 1 saturated carbocycles. The number of carbonyl (C=O) groups excluding carboxylic acids is 1. The van der Waals surface area contributed by atoms with Crippen molar-refractivity contribution in [3.63, 3.8) is 0 Å². The number of carboxylic acids is 1. The molecule has 1 aliphatic carbocycles. The summed E-state index contributed by atoms with van der Waals surface area (Å²) in [6.45, 7) is 0.204. The third-order valence-corrected chi connectivity index (χ3v) is 3.54. The van der Waals surface area contributed by atoms with Crippen LogP contribution < -0.4 is 5.32 Å². The van der Waals surface area contributed by atoms with Crippen LogP contribution in [0.1, 0.15) is 24.3 Å². The third-order valence-electron chi connectivity index (χ3n) is 3.04. The normalized spacial score (nSPS) is 21.4. The molecule has 0 bridgehead atoms. The Bertz CT molecular complexity index is 475. The molecule has 1 amide bonds. The predicted octanol–water partition coefficient (Wildman–Crippen LogP) is 2.14. The van der Waals surface area contributed by atoms with Crippen LogP contribution in [0.2, 0.25) is 0 Å². The van der Waals surface area contributed by atoms with E-state index >= 15 is 0 Å². The van der Waals surface area contributed by atoms with Crippen molar-refractivity contribution in [1.29, 1.82) is 0 Å². The maximum Gasteiger partial charge on any atom is 0.305 e. The SMILES string of the molecule is O=C(O)CCNC(=O)C1CC1c1cccc(Br)c1. The monoisotopic (exact) mass is 311 g/mol. The molecule has 2 rings (SSSR count). The zero-order valence-corrected chi connectivity index (χ0v) is 11.3. The van der Waals surface area contributed by atoms with Crippen LogP contribution in [0.15, 0.2) is 28.7 Å².